The maximum atomic E-state index is 12.7. The number of carbonyl (C=O) groups is 2. The predicted octanol–water partition coefficient (Wildman–Crippen LogP) is 4.39. The third kappa shape index (κ3) is 8.83. The Morgan fingerprint density at radius 2 is 1.91 bits per heavy atom. The van der Waals surface area contributed by atoms with Crippen molar-refractivity contribution in [3.8, 4) is 0 Å². The molecule has 0 radical (unpaired) electrons. The number of esters is 1. The van der Waals surface area contributed by atoms with Gasteiger partial charge in [0.25, 0.3) is 0 Å². The third-order valence-electron chi connectivity index (χ3n) is 6.60. The first-order chi connectivity index (χ1) is 15.5. The van der Waals surface area contributed by atoms with Crippen LogP contribution in [-0.2, 0) is 33.1 Å². The number of carbonyl (C=O) groups excluding carboxylic acids is 2. The number of hydrogen-bond acceptors (Lipinski definition) is 7. The summed E-state index contributed by atoms with van der Waals surface area (Å²) in [5.41, 5.74) is 0. The minimum atomic E-state index is -0.529. The molecule has 1 saturated carbocycles. The lowest BCUT2D eigenvalue weighted by Crippen LogP contribution is -2.33. The normalized spacial score (nSPS) is 25.1. The van der Waals surface area contributed by atoms with Crippen LogP contribution < -0.4 is 0 Å². The van der Waals surface area contributed by atoms with Crippen LogP contribution in [0.4, 0.5) is 0 Å². The fourth-order valence-electron chi connectivity index (χ4n) is 4.78. The number of ketones is 1. The largest absolute Gasteiger partial charge is 0.469 e. The van der Waals surface area contributed by atoms with Gasteiger partial charge in [-0.15, -0.1) is 0 Å². The van der Waals surface area contributed by atoms with Crippen LogP contribution in [0.25, 0.3) is 0 Å². The maximum absolute atomic E-state index is 12.7. The van der Waals surface area contributed by atoms with E-state index in [1.165, 1.54) is 7.11 Å². The molecule has 1 saturated heterocycles. The van der Waals surface area contributed by atoms with Gasteiger partial charge in [-0.2, -0.15) is 0 Å². The van der Waals surface area contributed by atoms with Crippen LogP contribution in [0.15, 0.2) is 12.2 Å². The van der Waals surface area contributed by atoms with E-state index in [0.29, 0.717) is 32.5 Å². The molecule has 0 aromatic heterocycles. The summed E-state index contributed by atoms with van der Waals surface area (Å²) < 4.78 is 27.5. The third-order valence-corrected chi connectivity index (χ3v) is 6.95. The number of rotatable bonds is 16. The minimum Gasteiger partial charge on any atom is -0.469 e. The van der Waals surface area contributed by atoms with Crippen LogP contribution in [0, 0.1) is 11.8 Å². The highest BCUT2D eigenvalue weighted by Gasteiger charge is 2.44. The Kier molecular flexibility index (Phi) is 13.0. The minimum absolute atomic E-state index is 0.0439. The molecule has 2 rings (SSSR count). The lowest BCUT2D eigenvalue weighted by atomic mass is 9.85. The molecule has 3 unspecified atom stereocenters. The molecule has 0 aromatic carbocycles. The van der Waals surface area contributed by atoms with Gasteiger partial charge in [-0.1, -0.05) is 18.6 Å². The Bertz CT molecular complexity index is 589. The molecule has 8 heteroatoms. The lowest BCUT2D eigenvalue weighted by Gasteiger charge is -2.31. The molecular weight excluding hydrogens is 431 g/mol. The Hall–Kier alpha value is -0.850. The Labute approximate surface area is 195 Å². The average Bonchev–Trinajstić information content (AvgIpc) is 3.38. The van der Waals surface area contributed by atoms with Crippen molar-refractivity contribution < 1.29 is 33.1 Å². The van der Waals surface area contributed by atoms with E-state index in [4.69, 9.17) is 18.7 Å². The molecule has 4 atom stereocenters. The highest BCUT2D eigenvalue weighted by atomic mass is 31.0. The smallest absolute Gasteiger partial charge is 0.305 e. The molecule has 1 heterocycles. The van der Waals surface area contributed by atoms with Crippen molar-refractivity contribution in [3.63, 3.8) is 0 Å². The van der Waals surface area contributed by atoms with Crippen molar-refractivity contribution in [2.24, 2.45) is 11.8 Å². The van der Waals surface area contributed by atoms with Crippen LogP contribution in [0.5, 0.6) is 0 Å². The zero-order chi connectivity index (χ0) is 23.2. The Morgan fingerprint density at radius 3 is 2.59 bits per heavy atom. The molecule has 1 aliphatic carbocycles. The summed E-state index contributed by atoms with van der Waals surface area (Å²) in [6, 6.07) is 0. The SMILES string of the molecule is COCCCCCC1(CC[C@H]2C(OP)CC(=O)C2C/C=C\CCCC(=O)OC)OCCO1. The van der Waals surface area contributed by atoms with Gasteiger partial charge in [0.05, 0.1) is 26.4 Å². The van der Waals surface area contributed by atoms with Gasteiger partial charge in [0.1, 0.15) is 5.78 Å². The summed E-state index contributed by atoms with van der Waals surface area (Å²) in [6.07, 6.45) is 12.9. The van der Waals surface area contributed by atoms with E-state index in [2.05, 4.69) is 26.4 Å². The summed E-state index contributed by atoms with van der Waals surface area (Å²) in [7, 11) is 5.47. The van der Waals surface area contributed by atoms with Gasteiger partial charge in [-0.05, 0) is 44.4 Å². The molecular formula is C24H41O7P. The molecule has 184 valence electrons. The van der Waals surface area contributed by atoms with Crippen LogP contribution >= 0.6 is 9.47 Å². The van der Waals surface area contributed by atoms with E-state index in [1.54, 1.807) is 7.11 Å². The summed E-state index contributed by atoms with van der Waals surface area (Å²) in [4.78, 5) is 23.9. The second-order valence-corrected chi connectivity index (χ2v) is 9.01. The van der Waals surface area contributed by atoms with E-state index in [-0.39, 0.29) is 29.7 Å². The summed E-state index contributed by atoms with van der Waals surface area (Å²) in [6.45, 7) is 2.04. The van der Waals surface area contributed by atoms with Gasteiger partial charge in [0.15, 0.2) is 5.79 Å². The summed E-state index contributed by atoms with van der Waals surface area (Å²) >= 11 is 0. The molecule has 32 heavy (non-hydrogen) atoms. The molecule has 2 aliphatic rings. The van der Waals surface area contributed by atoms with E-state index < -0.39 is 5.79 Å². The number of hydrogen-bond donors (Lipinski definition) is 0. The van der Waals surface area contributed by atoms with E-state index in [9.17, 15) is 9.59 Å². The van der Waals surface area contributed by atoms with Crippen molar-refractivity contribution in [2.75, 3.05) is 34.0 Å². The Balaban J connectivity index is 1.86. The van der Waals surface area contributed by atoms with Crippen molar-refractivity contribution in [3.05, 3.63) is 12.2 Å². The first-order valence-electron chi connectivity index (χ1n) is 11.9. The molecule has 0 N–H and O–H groups in total. The fourth-order valence-corrected chi connectivity index (χ4v) is 5.08. The predicted molar refractivity (Wildman–Crippen MR) is 125 cm³/mol. The van der Waals surface area contributed by atoms with Gasteiger partial charge >= 0.3 is 5.97 Å². The van der Waals surface area contributed by atoms with Crippen LogP contribution in [0.1, 0.15) is 70.6 Å². The maximum Gasteiger partial charge on any atom is 0.305 e. The molecule has 7 nitrogen and oxygen atoms in total. The number of unbranched alkanes of at least 4 members (excludes halogenated alkanes) is 3. The topological polar surface area (TPSA) is 80.3 Å². The van der Waals surface area contributed by atoms with E-state index >= 15 is 0 Å². The molecule has 0 aromatic rings. The summed E-state index contributed by atoms with van der Waals surface area (Å²) in [5, 5.41) is 0. The van der Waals surface area contributed by atoms with Gasteiger partial charge in [-0.3, -0.25) is 9.59 Å². The standard InChI is InChI=1S/C24H41O7P/c1-27-15-9-5-8-13-24(29-16-17-30-24)14-12-20-19(21(25)18-22(20)31-32)10-6-3-4-7-11-23(26)28-2/h3,6,19-20,22H,4-5,7-18,32H2,1-2H3/b6-3-/t19?,20-,22?/m1/s1. The second kappa shape index (κ2) is 15.1. The van der Waals surface area contributed by atoms with E-state index in [1.807, 2.05) is 0 Å². The molecule has 0 amide bonds. The Morgan fingerprint density at radius 1 is 1.12 bits per heavy atom. The van der Waals surface area contributed by atoms with Gasteiger partial charge < -0.3 is 23.5 Å². The number of allylic oxidation sites excluding steroid dienone is 2. The quantitative estimate of drug-likeness (QED) is 0.143. The number of Topliss-reactive ketones (excluding diaryl/α,β-unsaturated/α-hetero) is 1. The van der Waals surface area contributed by atoms with Crippen molar-refractivity contribution >= 4 is 21.2 Å². The van der Waals surface area contributed by atoms with Crippen molar-refractivity contribution in [1.82, 2.24) is 0 Å². The first kappa shape index (κ1) is 27.4. The summed E-state index contributed by atoms with van der Waals surface area (Å²) in [5.74, 6) is -0.342. The fraction of sp³-hybridized carbons (Fsp3) is 0.833. The molecule has 0 bridgehead atoms. The van der Waals surface area contributed by atoms with E-state index in [0.717, 1.165) is 58.0 Å². The van der Waals surface area contributed by atoms with Crippen LogP contribution in [-0.4, -0.2) is 57.7 Å². The average molecular weight is 473 g/mol. The van der Waals surface area contributed by atoms with Crippen LogP contribution in [0.2, 0.25) is 0 Å². The molecule has 0 spiro atoms. The highest BCUT2D eigenvalue weighted by molar-refractivity contribution is 7.09. The zero-order valence-electron chi connectivity index (χ0n) is 19.7. The second-order valence-electron chi connectivity index (χ2n) is 8.74. The van der Waals surface area contributed by atoms with Gasteiger partial charge in [-0.25, -0.2) is 0 Å². The number of methoxy groups -OCH3 is 2. The van der Waals surface area contributed by atoms with Gasteiger partial charge in [0, 0.05) is 54.8 Å². The number of ether oxygens (including phenoxy) is 4. The van der Waals surface area contributed by atoms with Crippen molar-refractivity contribution in [1.29, 1.82) is 0 Å². The molecule has 2 fully saturated rings. The zero-order valence-corrected chi connectivity index (χ0v) is 20.9. The lowest BCUT2D eigenvalue weighted by molar-refractivity contribution is -0.171. The van der Waals surface area contributed by atoms with Crippen LogP contribution in [0.3, 0.4) is 0 Å². The van der Waals surface area contributed by atoms with Crippen molar-refractivity contribution in [2.45, 2.75) is 82.5 Å². The highest BCUT2D eigenvalue weighted by Crippen LogP contribution is 2.41. The monoisotopic (exact) mass is 472 g/mol. The van der Waals surface area contributed by atoms with Gasteiger partial charge in [0.2, 0.25) is 0 Å². The first-order valence-corrected chi connectivity index (χ1v) is 12.4. The molecule has 1 aliphatic heterocycles.